The second-order valence-electron chi connectivity index (χ2n) is 5.05. The van der Waals surface area contributed by atoms with Crippen LogP contribution in [0.15, 0.2) is 24.5 Å². The number of piperazine rings is 1. The van der Waals surface area contributed by atoms with Crippen LogP contribution in [0, 0.1) is 0 Å². The van der Waals surface area contributed by atoms with Crippen LogP contribution in [0.1, 0.15) is 10.4 Å². The SMILES string of the molecule is COC(=O)[C@@H]1CN(C(=O)c2cccnc2)CCN1C(=O)CSC. The number of esters is 1. The fraction of sp³-hybridized carbons (Fsp3) is 0.467. The lowest BCUT2D eigenvalue weighted by Crippen LogP contribution is -2.60. The molecule has 1 fully saturated rings. The van der Waals surface area contributed by atoms with E-state index in [1.54, 1.807) is 23.2 Å². The topological polar surface area (TPSA) is 79.8 Å². The number of pyridine rings is 1. The number of amides is 2. The Morgan fingerprint density at radius 3 is 2.78 bits per heavy atom. The molecule has 8 heteroatoms. The highest BCUT2D eigenvalue weighted by Gasteiger charge is 2.37. The molecule has 23 heavy (non-hydrogen) atoms. The minimum absolute atomic E-state index is 0.124. The van der Waals surface area contributed by atoms with Crippen molar-refractivity contribution >= 4 is 29.5 Å². The van der Waals surface area contributed by atoms with Crippen molar-refractivity contribution in [1.29, 1.82) is 0 Å². The highest BCUT2D eigenvalue weighted by molar-refractivity contribution is 7.99. The average Bonchev–Trinajstić information content (AvgIpc) is 2.60. The summed E-state index contributed by atoms with van der Waals surface area (Å²) in [4.78, 5) is 43.6. The lowest BCUT2D eigenvalue weighted by Gasteiger charge is -2.39. The van der Waals surface area contributed by atoms with E-state index < -0.39 is 12.0 Å². The zero-order chi connectivity index (χ0) is 16.8. The summed E-state index contributed by atoms with van der Waals surface area (Å²) in [6.45, 7) is 0.813. The Morgan fingerprint density at radius 2 is 2.17 bits per heavy atom. The molecule has 1 saturated heterocycles. The molecular formula is C15H19N3O4S. The van der Waals surface area contributed by atoms with Crippen LogP contribution in [-0.4, -0.2) is 77.4 Å². The van der Waals surface area contributed by atoms with Gasteiger partial charge in [0.25, 0.3) is 5.91 Å². The first-order chi connectivity index (χ1) is 11.1. The molecule has 2 heterocycles. The number of nitrogens with zero attached hydrogens (tertiary/aromatic N) is 3. The number of ether oxygens (including phenoxy) is 1. The number of rotatable bonds is 4. The minimum Gasteiger partial charge on any atom is -0.467 e. The van der Waals surface area contributed by atoms with E-state index in [1.165, 1.54) is 30.0 Å². The van der Waals surface area contributed by atoms with E-state index in [1.807, 2.05) is 6.26 Å². The number of thioether (sulfide) groups is 1. The molecule has 2 rings (SSSR count). The third-order valence-electron chi connectivity index (χ3n) is 3.64. The zero-order valence-corrected chi connectivity index (χ0v) is 13.9. The Morgan fingerprint density at radius 1 is 1.39 bits per heavy atom. The summed E-state index contributed by atoms with van der Waals surface area (Å²) in [5.74, 6) is -0.544. The molecule has 0 radical (unpaired) electrons. The Bertz CT molecular complexity index is 581. The molecule has 0 saturated carbocycles. The Labute approximate surface area is 139 Å². The first-order valence-electron chi connectivity index (χ1n) is 7.14. The van der Waals surface area contributed by atoms with Gasteiger partial charge in [-0.25, -0.2) is 4.79 Å². The maximum absolute atomic E-state index is 12.5. The normalized spacial score (nSPS) is 17.7. The number of hydrogen-bond acceptors (Lipinski definition) is 6. The van der Waals surface area contributed by atoms with Crippen molar-refractivity contribution < 1.29 is 19.1 Å². The quantitative estimate of drug-likeness (QED) is 0.734. The Kier molecular flexibility index (Phi) is 5.97. The highest BCUT2D eigenvalue weighted by Crippen LogP contribution is 2.15. The number of aromatic nitrogens is 1. The van der Waals surface area contributed by atoms with Crippen LogP contribution in [-0.2, 0) is 14.3 Å². The van der Waals surface area contributed by atoms with Gasteiger partial charge in [-0.15, -0.1) is 0 Å². The Hall–Kier alpha value is -2.09. The van der Waals surface area contributed by atoms with Crippen molar-refractivity contribution in [3.8, 4) is 0 Å². The van der Waals surface area contributed by atoms with Gasteiger partial charge in [0.15, 0.2) is 0 Å². The lowest BCUT2D eigenvalue weighted by atomic mass is 10.1. The molecule has 0 unspecified atom stereocenters. The minimum atomic E-state index is -0.769. The molecule has 1 atom stereocenters. The van der Waals surface area contributed by atoms with Gasteiger partial charge in [0.1, 0.15) is 6.04 Å². The van der Waals surface area contributed by atoms with Crippen molar-refractivity contribution in [2.45, 2.75) is 6.04 Å². The summed E-state index contributed by atoms with van der Waals surface area (Å²) >= 11 is 1.40. The van der Waals surface area contributed by atoms with Gasteiger partial charge in [-0.3, -0.25) is 14.6 Å². The molecular weight excluding hydrogens is 318 g/mol. The van der Waals surface area contributed by atoms with Crippen LogP contribution >= 0.6 is 11.8 Å². The molecule has 1 aromatic heterocycles. The summed E-state index contributed by atoms with van der Waals surface area (Å²) in [5.41, 5.74) is 0.458. The monoisotopic (exact) mass is 337 g/mol. The number of carbonyl (C=O) groups excluding carboxylic acids is 3. The third-order valence-corrected chi connectivity index (χ3v) is 4.17. The summed E-state index contributed by atoms with van der Waals surface area (Å²) in [6.07, 6.45) is 4.90. The van der Waals surface area contributed by atoms with Gasteiger partial charge in [-0.2, -0.15) is 11.8 Å². The molecule has 124 valence electrons. The van der Waals surface area contributed by atoms with Gasteiger partial charge >= 0.3 is 5.97 Å². The van der Waals surface area contributed by atoms with Gasteiger partial charge in [0.2, 0.25) is 5.91 Å². The zero-order valence-electron chi connectivity index (χ0n) is 13.1. The van der Waals surface area contributed by atoms with Crippen molar-refractivity contribution in [1.82, 2.24) is 14.8 Å². The molecule has 1 aliphatic heterocycles. The average molecular weight is 337 g/mol. The second-order valence-corrected chi connectivity index (χ2v) is 5.92. The molecule has 0 N–H and O–H groups in total. The fourth-order valence-corrected chi connectivity index (χ4v) is 2.89. The molecule has 7 nitrogen and oxygen atoms in total. The van der Waals surface area contributed by atoms with E-state index in [0.717, 1.165) is 0 Å². The summed E-state index contributed by atoms with van der Waals surface area (Å²) in [7, 11) is 1.28. The van der Waals surface area contributed by atoms with E-state index in [2.05, 4.69) is 4.98 Å². The standard InChI is InChI=1S/C15H19N3O4S/c1-22-15(21)12-9-17(6-7-18(12)13(19)10-23-2)14(20)11-4-3-5-16-8-11/h3-5,8,12H,6-7,9-10H2,1-2H3/t12-/m0/s1. The van der Waals surface area contributed by atoms with Crippen LogP contribution in [0.2, 0.25) is 0 Å². The fourth-order valence-electron chi connectivity index (χ4n) is 2.48. The highest BCUT2D eigenvalue weighted by atomic mass is 32.2. The van der Waals surface area contributed by atoms with Crippen molar-refractivity contribution in [3.05, 3.63) is 30.1 Å². The second kappa shape index (κ2) is 7.96. The molecule has 0 aliphatic carbocycles. The van der Waals surface area contributed by atoms with Gasteiger partial charge in [0.05, 0.1) is 25.0 Å². The number of carbonyl (C=O) groups is 3. The van der Waals surface area contributed by atoms with Gasteiger partial charge in [0, 0.05) is 25.5 Å². The summed E-state index contributed by atoms with van der Waals surface area (Å²) in [6, 6.07) is 2.59. The predicted molar refractivity (Wildman–Crippen MR) is 86.0 cm³/mol. The largest absolute Gasteiger partial charge is 0.467 e. The number of methoxy groups -OCH3 is 1. The summed E-state index contributed by atoms with van der Waals surface area (Å²) < 4.78 is 4.79. The molecule has 2 amide bonds. The van der Waals surface area contributed by atoms with Crippen LogP contribution in [0.4, 0.5) is 0 Å². The first-order valence-corrected chi connectivity index (χ1v) is 8.53. The number of hydrogen-bond donors (Lipinski definition) is 0. The van der Waals surface area contributed by atoms with E-state index in [-0.39, 0.29) is 18.4 Å². The molecule has 0 spiro atoms. The van der Waals surface area contributed by atoms with E-state index in [9.17, 15) is 14.4 Å². The molecule has 1 aromatic rings. The van der Waals surface area contributed by atoms with E-state index >= 15 is 0 Å². The van der Waals surface area contributed by atoms with Crippen LogP contribution in [0.5, 0.6) is 0 Å². The van der Waals surface area contributed by atoms with Gasteiger partial charge in [-0.05, 0) is 18.4 Å². The molecule has 0 bridgehead atoms. The van der Waals surface area contributed by atoms with Crippen molar-refractivity contribution in [2.75, 3.05) is 38.8 Å². The van der Waals surface area contributed by atoms with Crippen molar-refractivity contribution in [3.63, 3.8) is 0 Å². The maximum Gasteiger partial charge on any atom is 0.330 e. The first kappa shape index (κ1) is 17.3. The smallest absolute Gasteiger partial charge is 0.330 e. The van der Waals surface area contributed by atoms with Crippen LogP contribution in [0.3, 0.4) is 0 Å². The maximum atomic E-state index is 12.5. The van der Waals surface area contributed by atoms with Crippen LogP contribution in [0.25, 0.3) is 0 Å². The molecule has 0 aromatic carbocycles. The Balaban J connectivity index is 2.14. The lowest BCUT2D eigenvalue weighted by molar-refractivity contribution is -0.154. The van der Waals surface area contributed by atoms with E-state index in [0.29, 0.717) is 24.4 Å². The van der Waals surface area contributed by atoms with Crippen molar-refractivity contribution in [2.24, 2.45) is 0 Å². The summed E-state index contributed by atoms with van der Waals surface area (Å²) in [5, 5.41) is 0. The van der Waals surface area contributed by atoms with Gasteiger partial charge < -0.3 is 14.5 Å². The predicted octanol–water partition coefficient (Wildman–Crippen LogP) is 0.271. The third kappa shape index (κ3) is 4.01. The van der Waals surface area contributed by atoms with E-state index in [4.69, 9.17) is 4.74 Å². The van der Waals surface area contributed by atoms with Crippen LogP contribution < -0.4 is 0 Å². The molecule has 1 aliphatic rings. The van der Waals surface area contributed by atoms with Gasteiger partial charge in [-0.1, -0.05) is 0 Å².